The van der Waals surface area contributed by atoms with Crippen molar-refractivity contribution >= 4 is 11.6 Å². The molecule has 0 unspecified atom stereocenters. The van der Waals surface area contributed by atoms with Gasteiger partial charge in [-0.05, 0) is 24.6 Å². The molecular formula is C21H18N4O2. The van der Waals surface area contributed by atoms with Crippen LogP contribution in [0.2, 0.25) is 0 Å². The van der Waals surface area contributed by atoms with E-state index >= 15 is 0 Å². The number of carbonyl (C=O) groups excluding carboxylic acids is 1. The third-order valence-electron chi connectivity index (χ3n) is 4.03. The molecule has 0 fully saturated rings. The van der Waals surface area contributed by atoms with E-state index in [0.717, 1.165) is 5.56 Å². The molecule has 3 rings (SSSR count). The summed E-state index contributed by atoms with van der Waals surface area (Å²) in [5.41, 5.74) is 2.12. The zero-order chi connectivity index (χ0) is 19.2. The number of nitrogens with zero attached hydrogens (tertiary/aromatic N) is 3. The number of hydrogen-bond acceptors (Lipinski definition) is 4. The molecule has 0 spiro atoms. The summed E-state index contributed by atoms with van der Waals surface area (Å²) in [5.74, 6) is 0.0938. The van der Waals surface area contributed by atoms with E-state index in [1.165, 1.54) is 10.6 Å². The van der Waals surface area contributed by atoms with Crippen LogP contribution >= 0.6 is 0 Å². The average molecular weight is 358 g/mol. The number of carbonyl (C=O) groups is 1. The van der Waals surface area contributed by atoms with Crippen molar-refractivity contribution in [1.29, 1.82) is 5.26 Å². The monoisotopic (exact) mass is 358 g/mol. The van der Waals surface area contributed by atoms with E-state index in [-0.39, 0.29) is 18.0 Å². The van der Waals surface area contributed by atoms with Gasteiger partial charge >= 0.3 is 0 Å². The minimum Gasteiger partial charge on any atom is -0.324 e. The number of hydrogen-bond donors (Lipinski definition) is 1. The van der Waals surface area contributed by atoms with Gasteiger partial charge in [-0.2, -0.15) is 5.26 Å². The van der Waals surface area contributed by atoms with Crippen LogP contribution in [0.1, 0.15) is 18.2 Å². The van der Waals surface area contributed by atoms with Gasteiger partial charge in [0.2, 0.25) is 5.91 Å². The maximum atomic E-state index is 12.6. The molecule has 0 radical (unpaired) electrons. The molecule has 134 valence electrons. The normalized spacial score (nSPS) is 10.2. The SMILES string of the molecule is CCc1cc(=O)n(CC(=O)Nc2cccc(C#N)c2)c(-c2ccccc2)n1. The van der Waals surface area contributed by atoms with Gasteiger partial charge in [0.05, 0.1) is 11.6 Å². The Labute approximate surface area is 156 Å². The Morgan fingerprint density at radius 2 is 1.93 bits per heavy atom. The Kier molecular flexibility index (Phi) is 5.43. The second kappa shape index (κ2) is 8.11. The minimum atomic E-state index is -0.365. The van der Waals surface area contributed by atoms with Crippen LogP contribution in [0, 0.1) is 11.3 Å². The summed E-state index contributed by atoms with van der Waals surface area (Å²) in [7, 11) is 0. The summed E-state index contributed by atoms with van der Waals surface area (Å²) in [6.45, 7) is 1.76. The molecule has 3 aromatic rings. The Morgan fingerprint density at radius 3 is 2.63 bits per heavy atom. The van der Waals surface area contributed by atoms with Gasteiger partial charge < -0.3 is 5.32 Å². The van der Waals surface area contributed by atoms with Gasteiger partial charge in [0.1, 0.15) is 12.4 Å². The first kappa shape index (κ1) is 18.1. The highest BCUT2D eigenvalue weighted by atomic mass is 16.2. The molecule has 1 N–H and O–H groups in total. The van der Waals surface area contributed by atoms with E-state index in [9.17, 15) is 9.59 Å². The standard InChI is InChI=1S/C21H18N4O2/c1-2-17-12-20(27)25(21(24-17)16-8-4-3-5-9-16)14-19(26)23-18-10-6-7-15(11-18)13-22/h3-12H,2,14H2,1H3,(H,23,26). The summed E-state index contributed by atoms with van der Waals surface area (Å²) < 4.78 is 1.36. The Bertz CT molecular complexity index is 1070. The summed E-state index contributed by atoms with van der Waals surface area (Å²) in [4.78, 5) is 29.6. The topological polar surface area (TPSA) is 87.8 Å². The van der Waals surface area contributed by atoms with E-state index in [1.807, 2.05) is 43.3 Å². The van der Waals surface area contributed by atoms with Crippen molar-refractivity contribution in [3.63, 3.8) is 0 Å². The Morgan fingerprint density at radius 1 is 1.15 bits per heavy atom. The van der Waals surface area contributed by atoms with Crippen LogP contribution in [0.15, 0.2) is 65.5 Å². The highest BCUT2D eigenvalue weighted by Gasteiger charge is 2.14. The lowest BCUT2D eigenvalue weighted by Gasteiger charge is -2.13. The molecule has 0 bridgehead atoms. The molecule has 0 atom stereocenters. The number of anilines is 1. The summed E-state index contributed by atoms with van der Waals surface area (Å²) in [5, 5.41) is 11.7. The Hall–Kier alpha value is -3.72. The lowest BCUT2D eigenvalue weighted by Crippen LogP contribution is -2.30. The molecule has 0 saturated heterocycles. The third kappa shape index (κ3) is 4.28. The van der Waals surface area contributed by atoms with E-state index < -0.39 is 0 Å². The van der Waals surface area contributed by atoms with Crippen molar-refractivity contribution in [3.8, 4) is 17.5 Å². The fourth-order valence-electron chi connectivity index (χ4n) is 2.71. The lowest BCUT2D eigenvalue weighted by molar-refractivity contribution is -0.116. The average Bonchev–Trinajstić information content (AvgIpc) is 2.70. The van der Waals surface area contributed by atoms with Crippen molar-refractivity contribution < 1.29 is 4.79 Å². The molecule has 2 aromatic carbocycles. The molecule has 27 heavy (non-hydrogen) atoms. The molecule has 1 aromatic heterocycles. The molecule has 6 heteroatoms. The number of amides is 1. The van der Waals surface area contributed by atoms with Crippen LogP contribution in [-0.4, -0.2) is 15.5 Å². The van der Waals surface area contributed by atoms with E-state index in [1.54, 1.807) is 24.3 Å². The number of nitrogens with one attached hydrogen (secondary N) is 1. The molecule has 1 heterocycles. The zero-order valence-corrected chi connectivity index (χ0v) is 14.8. The molecule has 0 aliphatic heterocycles. The lowest BCUT2D eigenvalue weighted by atomic mass is 10.2. The summed E-state index contributed by atoms with van der Waals surface area (Å²) in [6.07, 6.45) is 0.628. The van der Waals surface area contributed by atoms with Gasteiger partial charge in [0, 0.05) is 23.0 Å². The Balaban J connectivity index is 1.93. The predicted octanol–water partition coefficient (Wildman–Crippen LogP) is 2.98. The molecule has 0 saturated carbocycles. The zero-order valence-electron chi connectivity index (χ0n) is 14.8. The summed E-state index contributed by atoms with van der Waals surface area (Å²) >= 11 is 0. The number of nitriles is 1. The molecule has 0 aliphatic carbocycles. The van der Waals surface area contributed by atoms with Crippen molar-refractivity contribution in [1.82, 2.24) is 9.55 Å². The highest BCUT2D eigenvalue weighted by molar-refractivity contribution is 5.91. The number of aromatic nitrogens is 2. The van der Waals surface area contributed by atoms with Gasteiger partial charge in [-0.15, -0.1) is 0 Å². The van der Waals surface area contributed by atoms with Crippen LogP contribution in [0.25, 0.3) is 11.4 Å². The summed E-state index contributed by atoms with van der Waals surface area (Å²) in [6, 6.07) is 19.4. The third-order valence-corrected chi connectivity index (χ3v) is 4.03. The number of rotatable bonds is 5. The quantitative estimate of drug-likeness (QED) is 0.759. The fraction of sp³-hybridized carbons (Fsp3) is 0.143. The van der Waals surface area contributed by atoms with Gasteiger partial charge in [0.25, 0.3) is 5.56 Å². The van der Waals surface area contributed by atoms with Crippen molar-refractivity contribution in [3.05, 3.63) is 82.3 Å². The maximum absolute atomic E-state index is 12.6. The molecule has 0 aliphatic rings. The second-order valence-corrected chi connectivity index (χ2v) is 5.96. The van der Waals surface area contributed by atoms with Crippen LogP contribution in [0.3, 0.4) is 0 Å². The molecular weight excluding hydrogens is 340 g/mol. The fourth-order valence-corrected chi connectivity index (χ4v) is 2.71. The smallest absolute Gasteiger partial charge is 0.254 e. The minimum absolute atomic E-state index is 0.170. The van der Waals surface area contributed by atoms with Crippen molar-refractivity contribution in [2.45, 2.75) is 19.9 Å². The highest BCUT2D eigenvalue weighted by Crippen LogP contribution is 2.16. The van der Waals surface area contributed by atoms with Crippen molar-refractivity contribution in [2.75, 3.05) is 5.32 Å². The largest absolute Gasteiger partial charge is 0.324 e. The van der Waals surface area contributed by atoms with E-state index in [0.29, 0.717) is 29.2 Å². The van der Waals surface area contributed by atoms with E-state index in [4.69, 9.17) is 5.26 Å². The van der Waals surface area contributed by atoms with Crippen molar-refractivity contribution in [2.24, 2.45) is 0 Å². The first-order chi connectivity index (χ1) is 13.1. The first-order valence-corrected chi connectivity index (χ1v) is 8.57. The van der Waals surface area contributed by atoms with Gasteiger partial charge in [-0.1, -0.05) is 43.3 Å². The van der Waals surface area contributed by atoms with Crippen LogP contribution in [0.5, 0.6) is 0 Å². The van der Waals surface area contributed by atoms with Crippen LogP contribution < -0.4 is 10.9 Å². The van der Waals surface area contributed by atoms with Gasteiger partial charge in [0.15, 0.2) is 0 Å². The second-order valence-electron chi connectivity index (χ2n) is 5.96. The molecule has 6 nitrogen and oxygen atoms in total. The van der Waals surface area contributed by atoms with Gasteiger partial charge in [-0.25, -0.2) is 4.98 Å². The van der Waals surface area contributed by atoms with Crippen LogP contribution in [0.4, 0.5) is 5.69 Å². The first-order valence-electron chi connectivity index (χ1n) is 8.57. The number of aryl methyl sites for hydroxylation is 1. The maximum Gasteiger partial charge on any atom is 0.254 e. The van der Waals surface area contributed by atoms with Crippen LogP contribution in [-0.2, 0) is 17.8 Å². The molecule has 1 amide bonds. The predicted molar refractivity (Wildman–Crippen MR) is 103 cm³/mol. The van der Waals surface area contributed by atoms with Gasteiger partial charge in [-0.3, -0.25) is 14.2 Å². The van der Waals surface area contributed by atoms with E-state index in [2.05, 4.69) is 10.3 Å². The number of benzene rings is 2.